The summed E-state index contributed by atoms with van der Waals surface area (Å²) in [5, 5.41) is 21.1. The van der Waals surface area contributed by atoms with Crippen molar-refractivity contribution < 1.29 is 9.90 Å². The van der Waals surface area contributed by atoms with E-state index in [1.807, 2.05) is 6.07 Å². The Bertz CT molecular complexity index is 677. The van der Waals surface area contributed by atoms with Gasteiger partial charge in [-0.05, 0) is 30.3 Å². The summed E-state index contributed by atoms with van der Waals surface area (Å²) in [7, 11) is 0. The molecule has 0 unspecified atom stereocenters. The van der Waals surface area contributed by atoms with E-state index in [-0.39, 0.29) is 16.3 Å². The number of halogens is 1. The van der Waals surface area contributed by atoms with Gasteiger partial charge in [-0.3, -0.25) is 4.79 Å². The largest absolute Gasteiger partial charge is 0.508 e. The number of nitrogens with zero attached hydrogens (tertiary/aromatic N) is 1. The van der Waals surface area contributed by atoms with Crippen molar-refractivity contribution in [3.63, 3.8) is 0 Å². The lowest BCUT2D eigenvalue weighted by molar-refractivity contribution is 0.102. The van der Waals surface area contributed by atoms with Crippen LogP contribution in [0.1, 0.15) is 15.9 Å². The highest BCUT2D eigenvalue weighted by atomic mass is 35.5. The molecule has 2 aromatic carbocycles. The number of benzene rings is 2. The first-order valence-electron chi connectivity index (χ1n) is 5.41. The SMILES string of the molecule is N#Cc1ccccc1NC(=O)c1cc(O)ccc1Cl. The zero-order chi connectivity index (χ0) is 13.8. The quantitative estimate of drug-likeness (QED) is 0.882. The molecule has 1 amide bonds. The molecule has 4 nitrogen and oxygen atoms in total. The Hall–Kier alpha value is -2.51. The van der Waals surface area contributed by atoms with Crippen molar-refractivity contribution in [1.82, 2.24) is 0 Å². The summed E-state index contributed by atoms with van der Waals surface area (Å²) in [6.45, 7) is 0. The number of carbonyl (C=O) groups is 1. The molecule has 5 heteroatoms. The predicted octanol–water partition coefficient (Wildman–Crippen LogP) is 3.17. The van der Waals surface area contributed by atoms with Gasteiger partial charge in [0.2, 0.25) is 0 Å². The lowest BCUT2D eigenvalue weighted by Gasteiger charge is -2.08. The molecule has 0 saturated carbocycles. The van der Waals surface area contributed by atoms with Crippen LogP contribution in [0.4, 0.5) is 5.69 Å². The van der Waals surface area contributed by atoms with E-state index in [4.69, 9.17) is 16.9 Å². The van der Waals surface area contributed by atoms with Gasteiger partial charge in [-0.1, -0.05) is 23.7 Å². The molecule has 0 heterocycles. The smallest absolute Gasteiger partial charge is 0.257 e. The van der Waals surface area contributed by atoms with Gasteiger partial charge in [0.05, 0.1) is 21.8 Å². The van der Waals surface area contributed by atoms with Crippen molar-refractivity contribution in [2.24, 2.45) is 0 Å². The molecule has 0 atom stereocenters. The van der Waals surface area contributed by atoms with E-state index in [0.717, 1.165) is 0 Å². The van der Waals surface area contributed by atoms with Crippen LogP contribution in [-0.2, 0) is 0 Å². The van der Waals surface area contributed by atoms with E-state index < -0.39 is 5.91 Å². The summed E-state index contributed by atoms with van der Waals surface area (Å²) in [5.74, 6) is -0.535. The van der Waals surface area contributed by atoms with Gasteiger partial charge in [-0.2, -0.15) is 5.26 Å². The van der Waals surface area contributed by atoms with Gasteiger partial charge < -0.3 is 10.4 Å². The first-order valence-corrected chi connectivity index (χ1v) is 5.78. The van der Waals surface area contributed by atoms with Crippen LogP contribution in [0.3, 0.4) is 0 Å². The second kappa shape index (κ2) is 5.42. The summed E-state index contributed by atoms with van der Waals surface area (Å²) < 4.78 is 0. The number of carbonyl (C=O) groups excluding carboxylic acids is 1. The average molecular weight is 273 g/mol. The molecular weight excluding hydrogens is 264 g/mol. The van der Waals surface area contributed by atoms with Crippen molar-refractivity contribution in [2.45, 2.75) is 0 Å². The maximum Gasteiger partial charge on any atom is 0.257 e. The van der Waals surface area contributed by atoms with Gasteiger partial charge in [0.1, 0.15) is 11.8 Å². The third-order valence-corrected chi connectivity index (χ3v) is 2.82. The average Bonchev–Trinajstić information content (AvgIpc) is 2.42. The molecule has 0 spiro atoms. The Morgan fingerprint density at radius 1 is 1.26 bits per heavy atom. The van der Waals surface area contributed by atoms with Gasteiger partial charge in [-0.25, -0.2) is 0 Å². The summed E-state index contributed by atoms with van der Waals surface area (Å²) in [6.07, 6.45) is 0. The first kappa shape index (κ1) is 12.9. The molecule has 2 rings (SSSR count). The number of hydrogen-bond acceptors (Lipinski definition) is 3. The monoisotopic (exact) mass is 272 g/mol. The molecule has 0 aromatic heterocycles. The number of aromatic hydroxyl groups is 1. The molecular formula is C14H9ClN2O2. The van der Waals surface area contributed by atoms with E-state index in [1.165, 1.54) is 18.2 Å². The van der Waals surface area contributed by atoms with Crippen LogP contribution in [0.2, 0.25) is 5.02 Å². The Balaban J connectivity index is 2.31. The highest BCUT2D eigenvalue weighted by Crippen LogP contribution is 2.23. The van der Waals surface area contributed by atoms with Crippen LogP contribution in [-0.4, -0.2) is 11.0 Å². The van der Waals surface area contributed by atoms with Gasteiger partial charge in [-0.15, -0.1) is 0 Å². The number of amides is 1. The lowest BCUT2D eigenvalue weighted by atomic mass is 10.1. The minimum Gasteiger partial charge on any atom is -0.508 e. The van der Waals surface area contributed by atoms with Gasteiger partial charge in [0, 0.05) is 0 Å². The number of phenolic OH excluding ortho intramolecular Hbond substituents is 1. The number of hydrogen-bond donors (Lipinski definition) is 2. The number of phenols is 1. The number of rotatable bonds is 2. The Morgan fingerprint density at radius 3 is 2.74 bits per heavy atom. The zero-order valence-electron chi connectivity index (χ0n) is 9.72. The predicted molar refractivity (Wildman–Crippen MR) is 72.2 cm³/mol. The normalized spacial score (nSPS) is 9.68. The van der Waals surface area contributed by atoms with E-state index in [9.17, 15) is 9.90 Å². The van der Waals surface area contributed by atoms with Gasteiger partial charge >= 0.3 is 0 Å². The summed E-state index contributed by atoms with van der Waals surface area (Å²) in [6, 6.07) is 12.7. The third kappa shape index (κ3) is 2.84. The number of para-hydroxylation sites is 1. The molecule has 0 bridgehead atoms. The molecule has 0 radical (unpaired) electrons. The highest BCUT2D eigenvalue weighted by molar-refractivity contribution is 6.34. The first-order chi connectivity index (χ1) is 9.11. The summed E-state index contributed by atoms with van der Waals surface area (Å²) >= 11 is 5.89. The van der Waals surface area contributed by atoms with Crippen LogP contribution in [0.5, 0.6) is 5.75 Å². The number of anilines is 1. The lowest BCUT2D eigenvalue weighted by Crippen LogP contribution is -2.13. The molecule has 0 fully saturated rings. The van der Waals surface area contributed by atoms with Crippen molar-refractivity contribution in [3.05, 3.63) is 58.6 Å². The van der Waals surface area contributed by atoms with Gasteiger partial charge in [0.25, 0.3) is 5.91 Å². The fourth-order valence-electron chi connectivity index (χ4n) is 1.57. The topological polar surface area (TPSA) is 73.1 Å². The van der Waals surface area contributed by atoms with Crippen molar-refractivity contribution in [2.75, 3.05) is 5.32 Å². The standard InChI is InChI=1S/C14H9ClN2O2/c15-12-6-5-10(18)7-11(12)14(19)17-13-4-2-1-3-9(13)8-16/h1-7,18H,(H,17,19). The fraction of sp³-hybridized carbons (Fsp3) is 0. The molecule has 0 saturated heterocycles. The maximum atomic E-state index is 12.0. The van der Waals surface area contributed by atoms with E-state index in [1.54, 1.807) is 24.3 Å². The molecule has 2 N–H and O–H groups in total. The minimum atomic E-state index is -0.483. The Kier molecular flexibility index (Phi) is 3.69. The molecule has 2 aromatic rings. The van der Waals surface area contributed by atoms with E-state index in [0.29, 0.717) is 11.3 Å². The van der Waals surface area contributed by atoms with Crippen LogP contribution in [0.25, 0.3) is 0 Å². The van der Waals surface area contributed by atoms with Crippen LogP contribution in [0, 0.1) is 11.3 Å². The van der Waals surface area contributed by atoms with Crippen LogP contribution in [0.15, 0.2) is 42.5 Å². The molecule has 0 aliphatic rings. The zero-order valence-corrected chi connectivity index (χ0v) is 10.5. The maximum absolute atomic E-state index is 12.0. The number of nitrogens with one attached hydrogen (secondary N) is 1. The van der Waals surface area contributed by atoms with Crippen LogP contribution >= 0.6 is 11.6 Å². The van der Waals surface area contributed by atoms with Crippen molar-refractivity contribution >= 4 is 23.2 Å². The second-order valence-corrected chi connectivity index (χ2v) is 4.18. The minimum absolute atomic E-state index is 0.0527. The second-order valence-electron chi connectivity index (χ2n) is 3.78. The number of nitriles is 1. The van der Waals surface area contributed by atoms with Gasteiger partial charge in [0.15, 0.2) is 0 Å². The molecule has 94 valence electrons. The van der Waals surface area contributed by atoms with E-state index >= 15 is 0 Å². The molecule has 0 aliphatic heterocycles. The van der Waals surface area contributed by atoms with E-state index in [2.05, 4.69) is 5.32 Å². The summed E-state index contributed by atoms with van der Waals surface area (Å²) in [5.41, 5.74) is 0.899. The van der Waals surface area contributed by atoms with Crippen LogP contribution < -0.4 is 5.32 Å². The Labute approximate surface area is 114 Å². The fourth-order valence-corrected chi connectivity index (χ4v) is 1.77. The highest BCUT2D eigenvalue weighted by Gasteiger charge is 2.13. The molecule has 0 aliphatic carbocycles. The Morgan fingerprint density at radius 2 is 2.00 bits per heavy atom. The third-order valence-electron chi connectivity index (χ3n) is 2.49. The van der Waals surface area contributed by atoms with Crippen molar-refractivity contribution in [1.29, 1.82) is 5.26 Å². The summed E-state index contributed by atoms with van der Waals surface area (Å²) in [4.78, 5) is 12.0. The van der Waals surface area contributed by atoms with Crippen molar-refractivity contribution in [3.8, 4) is 11.8 Å². The molecule has 19 heavy (non-hydrogen) atoms.